The van der Waals surface area contributed by atoms with Crippen molar-refractivity contribution in [3.63, 3.8) is 0 Å². The zero-order valence-electron chi connectivity index (χ0n) is 20.5. The van der Waals surface area contributed by atoms with Crippen molar-refractivity contribution in [2.24, 2.45) is 0 Å². The van der Waals surface area contributed by atoms with E-state index < -0.39 is 111 Å². The molecular weight excluding hydrogens is 506 g/mol. The molecule has 0 radical (unpaired) electrons. The Morgan fingerprint density at radius 1 is 0.730 bits per heavy atom. The van der Waals surface area contributed by atoms with Gasteiger partial charge in [0, 0.05) is 14.0 Å². The van der Waals surface area contributed by atoms with E-state index in [0.717, 1.165) is 0 Å². The summed E-state index contributed by atoms with van der Waals surface area (Å²) in [6.45, 7) is 1.21. The highest BCUT2D eigenvalue weighted by atomic mass is 16.8. The fourth-order valence-electron chi connectivity index (χ4n) is 4.58. The topological polar surface area (TPSA) is 246 Å². The lowest BCUT2D eigenvalue weighted by Gasteiger charge is -2.50. The summed E-state index contributed by atoms with van der Waals surface area (Å²) in [5, 5.41) is 83.5. The molecule has 0 unspecified atom stereocenters. The molecule has 0 aromatic rings. The van der Waals surface area contributed by atoms with Gasteiger partial charge in [0.2, 0.25) is 5.91 Å². The molecule has 16 heteroatoms. The van der Waals surface area contributed by atoms with E-state index in [1.165, 1.54) is 21.0 Å². The SMILES string of the molecule is CO[C@@H]1O[C@H](CO)[C@@H](O[C@@H]2O[C@H](CO)[C@H](O)[C@H](O)[C@H]2O)[C@H](O[C@@H]2O[C@@H](C)[C@@H](O)[C@@H](O)[C@@H]2O)[C@H]1NC(C)=O. The summed E-state index contributed by atoms with van der Waals surface area (Å²) in [7, 11) is 1.26. The molecule has 9 N–H and O–H groups in total. The summed E-state index contributed by atoms with van der Waals surface area (Å²) in [4.78, 5) is 12.0. The first-order valence-corrected chi connectivity index (χ1v) is 11.8. The number of rotatable bonds is 8. The normalized spacial score (nSPS) is 49.0. The van der Waals surface area contributed by atoms with Gasteiger partial charge in [0.15, 0.2) is 18.9 Å². The zero-order chi connectivity index (χ0) is 27.6. The molecule has 3 aliphatic rings. The number of aliphatic hydroxyl groups excluding tert-OH is 8. The second kappa shape index (κ2) is 12.8. The smallest absolute Gasteiger partial charge is 0.217 e. The quantitative estimate of drug-likeness (QED) is 0.138. The lowest BCUT2D eigenvalue weighted by atomic mass is 9.94. The number of amides is 1. The van der Waals surface area contributed by atoms with E-state index in [1.54, 1.807) is 0 Å². The van der Waals surface area contributed by atoms with E-state index >= 15 is 0 Å². The van der Waals surface area contributed by atoms with Crippen LogP contribution in [-0.2, 0) is 33.2 Å². The molecule has 3 rings (SSSR count). The van der Waals surface area contributed by atoms with E-state index in [0.29, 0.717) is 0 Å². The first-order chi connectivity index (χ1) is 17.4. The van der Waals surface area contributed by atoms with E-state index in [-0.39, 0.29) is 0 Å². The molecule has 0 aromatic carbocycles. The van der Waals surface area contributed by atoms with Crippen LogP contribution < -0.4 is 5.32 Å². The maximum Gasteiger partial charge on any atom is 0.217 e. The molecule has 3 fully saturated rings. The second-order valence-electron chi connectivity index (χ2n) is 9.27. The average molecular weight is 544 g/mol. The molecule has 0 saturated carbocycles. The Hall–Kier alpha value is -1.09. The minimum atomic E-state index is -1.81. The molecule has 16 nitrogen and oxygen atoms in total. The molecule has 0 aromatic heterocycles. The molecule has 37 heavy (non-hydrogen) atoms. The molecule has 3 heterocycles. The Kier molecular flexibility index (Phi) is 10.6. The van der Waals surface area contributed by atoms with Crippen molar-refractivity contribution in [2.45, 2.75) is 106 Å². The Labute approximate surface area is 212 Å². The van der Waals surface area contributed by atoms with Crippen LogP contribution >= 0.6 is 0 Å². The minimum Gasteiger partial charge on any atom is -0.394 e. The molecule has 3 aliphatic heterocycles. The van der Waals surface area contributed by atoms with Crippen molar-refractivity contribution in [1.29, 1.82) is 0 Å². The third-order valence-corrected chi connectivity index (χ3v) is 6.67. The van der Waals surface area contributed by atoms with Gasteiger partial charge in [-0.15, -0.1) is 0 Å². The number of hydrogen-bond acceptors (Lipinski definition) is 15. The van der Waals surface area contributed by atoms with Crippen LogP contribution in [0, 0.1) is 0 Å². The Balaban J connectivity index is 1.95. The molecular formula is C21H37NO15. The highest BCUT2D eigenvalue weighted by molar-refractivity contribution is 5.73. The Bertz CT molecular complexity index is 745. The van der Waals surface area contributed by atoms with Crippen molar-refractivity contribution in [1.82, 2.24) is 5.32 Å². The first kappa shape index (κ1) is 30.5. The number of aliphatic hydroxyl groups is 8. The van der Waals surface area contributed by atoms with E-state index in [1.807, 2.05) is 0 Å². The fourth-order valence-corrected chi connectivity index (χ4v) is 4.58. The zero-order valence-corrected chi connectivity index (χ0v) is 20.5. The van der Waals surface area contributed by atoms with Crippen LogP contribution in [0.2, 0.25) is 0 Å². The predicted octanol–water partition coefficient (Wildman–Crippen LogP) is -5.75. The van der Waals surface area contributed by atoms with E-state index in [9.17, 15) is 45.6 Å². The van der Waals surface area contributed by atoms with Gasteiger partial charge in [0.25, 0.3) is 0 Å². The predicted molar refractivity (Wildman–Crippen MR) is 116 cm³/mol. The maximum atomic E-state index is 12.0. The van der Waals surface area contributed by atoms with E-state index in [4.69, 9.17) is 28.4 Å². The van der Waals surface area contributed by atoms with Gasteiger partial charge < -0.3 is 74.6 Å². The molecule has 216 valence electrons. The second-order valence-corrected chi connectivity index (χ2v) is 9.27. The van der Waals surface area contributed by atoms with Crippen LogP contribution in [0.15, 0.2) is 0 Å². The van der Waals surface area contributed by atoms with Crippen LogP contribution in [0.3, 0.4) is 0 Å². The van der Waals surface area contributed by atoms with Gasteiger partial charge in [-0.3, -0.25) is 4.79 Å². The number of methoxy groups -OCH3 is 1. The van der Waals surface area contributed by atoms with Gasteiger partial charge in [-0.05, 0) is 6.92 Å². The number of ether oxygens (including phenoxy) is 6. The molecule has 1 amide bonds. The number of nitrogens with one attached hydrogen (secondary N) is 1. The third kappa shape index (κ3) is 6.39. The highest BCUT2D eigenvalue weighted by Crippen LogP contribution is 2.33. The van der Waals surface area contributed by atoms with Gasteiger partial charge in [-0.25, -0.2) is 0 Å². The van der Waals surface area contributed by atoms with Crippen LogP contribution in [0.5, 0.6) is 0 Å². The summed E-state index contributed by atoms with van der Waals surface area (Å²) in [6, 6.07) is -1.17. The standard InChI is InChI=1S/C21H37NO15/c1-6-11(26)13(28)15(30)20(33-6)37-18-10(22-7(2)25)19(32-3)35-9(5-24)17(18)36-21-16(31)14(29)12(27)8(4-23)34-21/h6,8-21,23-24,26-31H,4-5H2,1-3H3,(H,22,25)/t6-,8+,9+,10+,11+,12-,13+,14-,15-,16+,17+,18+,19+,20-,21-/m0/s1. The maximum absolute atomic E-state index is 12.0. The molecule has 3 saturated heterocycles. The molecule has 0 spiro atoms. The number of hydrogen-bond donors (Lipinski definition) is 9. The van der Waals surface area contributed by atoms with Crippen LogP contribution in [0.4, 0.5) is 0 Å². The van der Waals surface area contributed by atoms with Gasteiger partial charge >= 0.3 is 0 Å². The minimum absolute atomic E-state index is 0.549. The summed E-state index contributed by atoms with van der Waals surface area (Å²) in [6.07, 6.45) is -20.8. The van der Waals surface area contributed by atoms with Gasteiger partial charge in [-0.1, -0.05) is 0 Å². The summed E-state index contributed by atoms with van der Waals surface area (Å²) < 4.78 is 33.7. The monoisotopic (exact) mass is 543 g/mol. The van der Waals surface area contributed by atoms with Gasteiger partial charge in [0.1, 0.15) is 67.1 Å². The summed E-state index contributed by atoms with van der Waals surface area (Å²) in [5.74, 6) is -0.549. The molecule has 15 atom stereocenters. The molecule has 0 aliphatic carbocycles. The largest absolute Gasteiger partial charge is 0.394 e. The van der Waals surface area contributed by atoms with Gasteiger partial charge in [0.05, 0.1) is 19.3 Å². The van der Waals surface area contributed by atoms with E-state index in [2.05, 4.69) is 5.32 Å². The van der Waals surface area contributed by atoms with Crippen molar-refractivity contribution in [3.05, 3.63) is 0 Å². The fraction of sp³-hybridized carbons (Fsp3) is 0.952. The van der Waals surface area contributed by atoms with Crippen molar-refractivity contribution in [3.8, 4) is 0 Å². The Morgan fingerprint density at radius 2 is 1.24 bits per heavy atom. The van der Waals surface area contributed by atoms with Crippen LogP contribution in [0.25, 0.3) is 0 Å². The van der Waals surface area contributed by atoms with Crippen LogP contribution in [-0.4, -0.2) is 159 Å². The summed E-state index contributed by atoms with van der Waals surface area (Å²) >= 11 is 0. The number of carbonyl (C=O) groups is 1. The average Bonchev–Trinajstić information content (AvgIpc) is 2.87. The summed E-state index contributed by atoms with van der Waals surface area (Å²) in [5.41, 5.74) is 0. The highest BCUT2D eigenvalue weighted by Gasteiger charge is 2.54. The number of carbonyl (C=O) groups excluding carboxylic acids is 1. The lowest BCUT2D eigenvalue weighted by molar-refractivity contribution is -0.372. The third-order valence-electron chi connectivity index (χ3n) is 6.67. The van der Waals surface area contributed by atoms with Crippen molar-refractivity contribution in [2.75, 3.05) is 20.3 Å². The first-order valence-electron chi connectivity index (χ1n) is 11.8. The Morgan fingerprint density at radius 3 is 1.78 bits per heavy atom. The lowest BCUT2D eigenvalue weighted by Crippen LogP contribution is -2.69. The molecule has 0 bridgehead atoms. The van der Waals surface area contributed by atoms with Gasteiger partial charge in [-0.2, -0.15) is 0 Å². The van der Waals surface area contributed by atoms with Crippen LogP contribution in [0.1, 0.15) is 13.8 Å². The van der Waals surface area contributed by atoms with Crippen molar-refractivity contribution >= 4 is 5.91 Å². The van der Waals surface area contributed by atoms with Crippen molar-refractivity contribution < 1.29 is 74.1 Å².